The Balaban J connectivity index is 1.76. The van der Waals surface area contributed by atoms with E-state index in [2.05, 4.69) is 17.6 Å². The fourth-order valence-corrected chi connectivity index (χ4v) is 5.12. The second-order valence-corrected chi connectivity index (χ2v) is 8.09. The quantitative estimate of drug-likeness (QED) is 0.806. The van der Waals surface area contributed by atoms with Gasteiger partial charge in [0.15, 0.2) is 0 Å². The van der Waals surface area contributed by atoms with Gasteiger partial charge in [0.1, 0.15) is 5.00 Å². The Morgan fingerprint density at radius 3 is 2.62 bits per heavy atom. The highest BCUT2D eigenvalue weighted by atomic mass is 32.1. The van der Waals surface area contributed by atoms with E-state index in [1.807, 2.05) is 0 Å². The lowest BCUT2D eigenvalue weighted by molar-refractivity contribution is 0.0601. The summed E-state index contributed by atoms with van der Waals surface area (Å²) in [6, 6.07) is 0.0358. The number of esters is 1. The van der Waals surface area contributed by atoms with Crippen LogP contribution in [-0.4, -0.2) is 25.2 Å². The molecule has 2 aliphatic carbocycles. The molecular formula is C18H26N2O3S. The monoisotopic (exact) mass is 350 g/mol. The van der Waals surface area contributed by atoms with Gasteiger partial charge in [-0.3, -0.25) is 5.32 Å². The third-order valence-corrected chi connectivity index (χ3v) is 6.24. The van der Waals surface area contributed by atoms with E-state index in [1.54, 1.807) is 0 Å². The summed E-state index contributed by atoms with van der Waals surface area (Å²) in [4.78, 5) is 25.8. The van der Waals surface area contributed by atoms with Crippen molar-refractivity contribution in [2.45, 2.75) is 64.3 Å². The summed E-state index contributed by atoms with van der Waals surface area (Å²) in [6.45, 7) is 2.23. The fourth-order valence-electron chi connectivity index (χ4n) is 3.73. The topological polar surface area (TPSA) is 67.4 Å². The Morgan fingerprint density at radius 2 is 1.92 bits per heavy atom. The molecule has 0 saturated heterocycles. The highest BCUT2D eigenvalue weighted by Crippen LogP contribution is 2.40. The zero-order chi connectivity index (χ0) is 17.1. The van der Waals surface area contributed by atoms with E-state index in [-0.39, 0.29) is 18.0 Å². The van der Waals surface area contributed by atoms with E-state index in [0.29, 0.717) is 16.5 Å². The lowest BCUT2D eigenvalue weighted by atomic mass is 9.88. The molecule has 2 aliphatic rings. The van der Waals surface area contributed by atoms with Crippen LogP contribution in [0.4, 0.5) is 9.80 Å². The molecule has 0 bridgehead atoms. The maximum absolute atomic E-state index is 12.4. The fraction of sp³-hybridized carbons (Fsp3) is 0.667. The predicted octanol–water partition coefficient (Wildman–Crippen LogP) is 4.11. The van der Waals surface area contributed by atoms with Crippen molar-refractivity contribution in [3.63, 3.8) is 0 Å². The Bertz CT molecular complexity index is 620. The average molecular weight is 350 g/mol. The molecule has 0 aromatic carbocycles. The first-order valence-corrected chi connectivity index (χ1v) is 9.70. The first-order chi connectivity index (χ1) is 11.6. The van der Waals surface area contributed by atoms with E-state index in [1.165, 1.54) is 42.6 Å². The molecule has 1 saturated carbocycles. The zero-order valence-corrected chi connectivity index (χ0v) is 15.3. The van der Waals surface area contributed by atoms with Crippen LogP contribution in [-0.2, 0) is 17.6 Å². The predicted molar refractivity (Wildman–Crippen MR) is 95.9 cm³/mol. The lowest BCUT2D eigenvalue weighted by Crippen LogP contribution is -2.39. The number of anilines is 1. The van der Waals surface area contributed by atoms with Crippen LogP contribution in [0.15, 0.2) is 0 Å². The van der Waals surface area contributed by atoms with Gasteiger partial charge in [-0.15, -0.1) is 11.3 Å². The van der Waals surface area contributed by atoms with Gasteiger partial charge in [0.05, 0.1) is 12.7 Å². The molecule has 5 nitrogen and oxygen atoms in total. The Labute approximate surface area is 147 Å². The molecule has 1 heterocycles. The number of nitrogens with one attached hydrogen (secondary N) is 2. The molecule has 0 spiro atoms. The Hall–Kier alpha value is -1.56. The number of carbonyl (C=O) groups is 2. The number of hydrogen-bond donors (Lipinski definition) is 2. The molecule has 3 rings (SSSR count). The number of carbonyl (C=O) groups excluding carboxylic acids is 2. The van der Waals surface area contributed by atoms with Crippen LogP contribution in [0.25, 0.3) is 0 Å². The van der Waals surface area contributed by atoms with Gasteiger partial charge in [0.25, 0.3) is 0 Å². The van der Waals surface area contributed by atoms with Crippen LogP contribution >= 0.6 is 11.3 Å². The van der Waals surface area contributed by atoms with Crippen LogP contribution in [0.2, 0.25) is 0 Å². The molecular weight excluding hydrogens is 324 g/mol. The largest absolute Gasteiger partial charge is 0.465 e. The van der Waals surface area contributed by atoms with E-state index < -0.39 is 0 Å². The SMILES string of the molecule is COC(=O)c1c(NC(=O)NC2CCCCC2)sc2c1CCC(C)C2. The molecule has 1 fully saturated rings. The first-order valence-electron chi connectivity index (χ1n) is 8.88. The molecule has 132 valence electrons. The molecule has 1 aromatic rings. The number of methoxy groups -OCH3 is 1. The lowest BCUT2D eigenvalue weighted by Gasteiger charge is -2.22. The average Bonchev–Trinajstić information content (AvgIpc) is 2.91. The molecule has 2 N–H and O–H groups in total. The number of fused-ring (bicyclic) bond motifs is 1. The Morgan fingerprint density at radius 1 is 1.17 bits per heavy atom. The summed E-state index contributed by atoms with van der Waals surface area (Å²) in [5, 5.41) is 6.59. The maximum Gasteiger partial charge on any atom is 0.341 e. The molecule has 24 heavy (non-hydrogen) atoms. The van der Waals surface area contributed by atoms with Crippen molar-refractivity contribution in [3.05, 3.63) is 16.0 Å². The van der Waals surface area contributed by atoms with Crippen LogP contribution < -0.4 is 10.6 Å². The Kier molecular flexibility index (Phi) is 5.43. The standard InChI is InChI=1S/C18H26N2O3S/c1-11-8-9-13-14(10-11)24-16(15(13)17(21)23-2)20-18(22)19-12-6-4-3-5-7-12/h11-12H,3-10H2,1-2H3,(H2,19,20,22). The van der Waals surface area contributed by atoms with Gasteiger partial charge in [-0.25, -0.2) is 9.59 Å². The van der Waals surface area contributed by atoms with E-state index >= 15 is 0 Å². The highest BCUT2D eigenvalue weighted by Gasteiger charge is 2.29. The smallest absolute Gasteiger partial charge is 0.341 e. The molecule has 6 heteroatoms. The van der Waals surface area contributed by atoms with Crippen LogP contribution in [0.5, 0.6) is 0 Å². The van der Waals surface area contributed by atoms with Gasteiger partial charge in [-0.2, -0.15) is 0 Å². The van der Waals surface area contributed by atoms with Gasteiger partial charge < -0.3 is 10.1 Å². The highest BCUT2D eigenvalue weighted by molar-refractivity contribution is 7.17. The molecule has 1 aromatic heterocycles. The third kappa shape index (κ3) is 3.74. The second-order valence-electron chi connectivity index (χ2n) is 6.98. The summed E-state index contributed by atoms with van der Waals surface area (Å²) < 4.78 is 4.96. The number of thiophene rings is 1. The van der Waals surface area contributed by atoms with Crippen molar-refractivity contribution in [2.75, 3.05) is 12.4 Å². The van der Waals surface area contributed by atoms with Gasteiger partial charge in [-0.05, 0) is 43.6 Å². The van der Waals surface area contributed by atoms with Crippen molar-refractivity contribution in [3.8, 4) is 0 Å². The van der Waals surface area contributed by atoms with Gasteiger partial charge in [0.2, 0.25) is 0 Å². The summed E-state index contributed by atoms with van der Waals surface area (Å²) in [5.74, 6) is 0.264. The van der Waals surface area contributed by atoms with Crippen molar-refractivity contribution in [1.82, 2.24) is 5.32 Å². The first kappa shape index (κ1) is 17.3. The molecule has 0 radical (unpaired) electrons. The van der Waals surface area contributed by atoms with Crippen molar-refractivity contribution >= 4 is 28.3 Å². The van der Waals surface area contributed by atoms with Crippen molar-refractivity contribution in [2.24, 2.45) is 5.92 Å². The van der Waals surface area contributed by atoms with Gasteiger partial charge in [0, 0.05) is 10.9 Å². The van der Waals surface area contributed by atoms with Crippen LogP contribution in [0.1, 0.15) is 66.2 Å². The summed E-state index contributed by atoms with van der Waals surface area (Å²) in [6.07, 6.45) is 8.58. The molecule has 1 unspecified atom stereocenters. The number of amides is 2. The summed E-state index contributed by atoms with van der Waals surface area (Å²) >= 11 is 1.53. The minimum absolute atomic E-state index is 0.210. The number of urea groups is 1. The van der Waals surface area contributed by atoms with Crippen LogP contribution in [0, 0.1) is 5.92 Å². The van der Waals surface area contributed by atoms with Gasteiger partial charge in [-0.1, -0.05) is 26.2 Å². The molecule has 2 amide bonds. The second kappa shape index (κ2) is 7.55. The molecule has 1 atom stereocenters. The third-order valence-electron chi connectivity index (χ3n) is 5.07. The number of hydrogen-bond acceptors (Lipinski definition) is 4. The van der Waals surface area contributed by atoms with Crippen molar-refractivity contribution in [1.29, 1.82) is 0 Å². The number of rotatable bonds is 3. The van der Waals surface area contributed by atoms with Crippen molar-refractivity contribution < 1.29 is 14.3 Å². The van der Waals surface area contributed by atoms with Gasteiger partial charge >= 0.3 is 12.0 Å². The number of ether oxygens (including phenoxy) is 1. The molecule has 0 aliphatic heterocycles. The normalized spacial score (nSPS) is 21.0. The summed E-state index contributed by atoms with van der Waals surface area (Å²) in [5.41, 5.74) is 1.63. The maximum atomic E-state index is 12.4. The van der Waals surface area contributed by atoms with Crippen LogP contribution in [0.3, 0.4) is 0 Å². The van der Waals surface area contributed by atoms with E-state index in [9.17, 15) is 9.59 Å². The minimum Gasteiger partial charge on any atom is -0.465 e. The van der Waals surface area contributed by atoms with E-state index in [4.69, 9.17) is 4.74 Å². The summed E-state index contributed by atoms with van der Waals surface area (Å²) in [7, 11) is 1.39. The minimum atomic E-state index is -0.352. The van der Waals surface area contributed by atoms with E-state index in [0.717, 1.165) is 37.7 Å². The zero-order valence-electron chi connectivity index (χ0n) is 14.4.